The van der Waals surface area contributed by atoms with E-state index in [1.165, 1.54) is 6.20 Å². The lowest BCUT2D eigenvalue weighted by Crippen LogP contribution is -2.27. The van der Waals surface area contributed by atoms with Crippen LogP contribution in [0.4, 0.5) is 5.69 Å². The van der Waals surface area contributed by atoms with Gasteiger partial charge in [0.1, 0.15) is 5.02 Å². The molecule has 1 saturated carbocycles. The number of hydrogen-bond acceptors (Lipinski definition) is 4. The van der Waals surface area contributed by atoms with Gasteiger partial charge in [0.05, 0.1) is 25.0 Å². The van der Waals surface area contributed by atoms with E-state index in [1.54, 1.807) is 0 Å². The van der Waals surface area contributed by atoms with Crippen molar-refractivity contribution in [3.05, 3.63) is 21.6 Å². The SMILES string of the molecule is CC1(Nc2cnn(CCO)c(=O)c2Cl)CC1. The van der Waals surface area contributed by atoms with E-state index in [1.807, 2.05) is 0 Å². The molecule has 2 rings (SSSR count). The first-order chi connectivity index (χ1) is 7.56. The molecule has 0 unspecified atom stereocenters. The highest BCUT2D eigenvalue weighted by Crippen LogP contribution is 2.38. The predicted molar refractivity (Wildman–Crippen MR) is 61.9 cm³/mol. The Hall–Kier alpha value is -1.07. The monoisotopic (exact) mass is 243 g/mol. The normalized spacial score (nSPS) is 17.2. The fourth-order valence-corrected chi connectivity index (χ4v) is 1.64. The van der Waals surface area contributed by atoms with Crippen molar-refractivity contribution >= 4 is 17.3 Å². The van der Waals surface area contributed by atoms with Crippen molar-refractivity contribution in [3.8, 4) is 0 Å². The minimum absolute atomic E-state index is 0.0565. The zero-order chi connectivity index (χ0) is 11.8. The van der Waals surface area contributed by atoms with Crippen LogP contribution in [0.5, 0.6) is 0 Å². The van der Waals surface area contributed by atoms with Crippen molar-refractivity contribution in [1.82, 2.24) is 9.78 Å². The summed E-state index contributed by atoms with van der Waals surface area (Å²) in [6, 6.07) is 0. The lowest BCUT2D eigenvalue weighted by atomic mass is 10.3. The standard InChI is InChI=1S/C10H14ClN3O2/c1-10(2-3-10)13-7-6-12-14(4-5-15)9(16)8(7)11/h6,13,15H,2-5H2,1H3. The Kier molecular flexibility index (Phi) is 2.90. The van der Waals surface area contributed by atoms with Gasteiger partial charge in [0.2, 0.25) is 0 Å². The van der Waals surface area contributed by atoms with Gasteiger partial charge in [-0.3, -0.25) is 4.79 Å². The van der Waals surface area contributed by atoms with Crippen LogP contribution in [0.15, 0.2) is 11.0 Å². The van der Waals surface area contributed by atoms with Crippen molar-refractivity contribution in [1.29, 1.82) is 0 Å². The summed E-state index contributed by atoms with van der Waals surface area (Å²) < 4.78 is 1.16. The minimum Gasteiger partial charge on any atom is -0.394 e. The number of anilines is 1. The van der Waals surface area contributed by atoms with Gasteiger partial charge in [0.25, 0.3) is 5.56 Å². The number of aliphatic hydroxyl groups is 1. The largest absolute Gasteiger partial charge is 0.394 e. The lowest BCUT2D eigenvalue weighted by molar-refractivity contribution is 0.266. The second kappa shape index (κ2) is 4.07. The molecule has 2 N–H and O–H groups in total. The van der Waals surface area contributed by atoms with E-state index in [4.69, 9.17) is 16.7 Å². The van der Waals surface area contributed by atoms with Crippen molar-refractivity contribution in [3.63, 3.8) is 0 Å². The van der Waals surface area contributed by atoms with Gasteiger partial charge in [-0.05, 0) is 19.8 Å². The summed E-state index contributed by atoms with van der Waals surface area (Å²) in [5, 5.41) is 16.0. The van der Waals surface area contributed by atoms with Gasteiger partial charge in [0.15, 0.2) is 0 Å². The summed E-state index contributed by atoms with van der Waals surface area (Å²) in [6.07, 6.45) is 3.68. The van der Waals surface area contributed by atoms with Gasteiger partial charge in [-0.25, -0.2) is 4.68 Å². The molecule has 1 heterocycles. The molecule has 5 nitrogen and oxygen atoms in total. The van der Waals surface area contributed by atoms with E-state index < -0.39 is 0 Å². The molecule has 1 aromatic heterocycles. The second-order valence-electron chi connectivity index (χ2n) is 4.31. The third kappa shape index (κ3) is 2.20. The first kappa shape index (κ1) is 11.4. The predicted octanol–water partition coefficient (Wildman–Crippen LogP) is 0.853. The van der Waals surface area contributed by atoms with Crippen molar-refractivity contribution in [2.45, 2.75) is 31.8 Å². The number of nitrogens with zero attached hydrogens (tertiary/aromatic N) is 2. The molecular formula is C10H14ClN3O2. The zero-order valence-electron chi connectivity index (χ0n) is 9.03. The fraction of sp³-hybridized carbons (Fsp3) is 0.600. The summed E-state index contributed by atoms with van der Waals surface area (Å²) in [6.45, 7) is 2.10. The molecule has 0 atom stereocenters. The Balaban J connectivity index is 2.27. The Morgan fingerprint density at radius 2 is 2.38 bits per heavy atom. The Bertz CT molecular complexity index is 454. The lowest BCUT2D eigenvalue weighted by Gasteiger charge is -2.14. The van der Waals surface area contributed by atoms with Crippen LogP contribution in [-0.2, 0) is 6.54 Å². The molecule has 6 heteroatoms. The molecule has 0 aromatic carbocycles. The first-order valence-corrected chi connectivity index (χ1v) is 5.58. The van der Waals surface area contributed by atoms with Crippen molar-refractivity contribution in [2.24, 2.45) is 0 Å². The summed E-state index contributed by atoms with van der Waals surface area (Å²) in [4.78, 5) is 11.7. The molecule has 88 valence electrons. The molecule has 1 aromatic rings. The highest BCUT2D eigenvalue weighted by atomic mass is 35.5. The van der Waals surface area contributed by atoms with Crippen LogP contribution in [0.1, 0.15) is 19.8 Å². The number of halogens is 1. The average molecular weight is 244 g/mol. The van der Waals surface area contributed by atoms with E-state index in [0.29, 0.717) is 5.69 Å². The van der Waals surface area contributed by atoms with Gasteiger partial charge in [0, 0.05) is 5.54 Å². The second-order valence-corrected chi connectivity index (χ2v) is 4.69. The van der Waals surface area contributed by atoms with Gasteiger partial charge < -0.3 is 10.4 Å². The maximum Gasteiger partial charge on any atom is 0.287 e. The Morgan fingerprint density at radius 3 is 2.94 bits per heavy atom. The molecule has 0 spiro atoms. The van der Waals surface area contributed by atoms with Crippen LogP contribution >= 0.6 is 11.6 Å². The maximum atomic E-state index is 11.7. The zero-order valence-corrected chi connectivity index (χ0v) is 9.79. The molecule has 0 bridgehead atoms. The number of nitrogens with one attached hydrogen (secondary N) is 1. The van der Waals surface area contributed by atoms with Crippen LogP contribution < -0.4 is 10.9 Å². The fourth-order valence-electron chi connectivity index (χ4n) is 1.44. The summed E-state index contributed by atoms with van der Waals surface area (Å²) >= 11 is 5.95. The Morgan fingerprint density at radius 1 is 1.69 bits per heavy atom. The Labute approximate surface area is 98.0 Å². The number of hydrogen-bond donors (Lipinski definition) is 2. The molecule has 16 heavy (non-hydrogen) atoms. The molecule has 0 amide bonds. The highest BCUT2D eigenvalue weighted by molar-refractivity contribution is 6.32. The van der Waals surface area contributed by atoms with Crippen LogP contribution in [0.2, 0.25) is 5.02 Å². The van der Waals surface area contributed by atoms with Gasteiger partial charge in [-0.2, -0.15) is 5.10 Å². The number of rotatable bonds is 4. The van der Waals surface area contributed by atoms with Crippen LogP contribution in [-0.4, -0.2) is 27.0 Å². The van der Waals surface area contributed by atoms with E-state index >= 15 is 0 Å². The molecule has 0 saturated heterocycles. The molecular weight excluding hydrogens is 230 g/mol. The molecule has 1 fully saturated rings. The minimum atomic E-state index is -0.370. The molecule has 1 aliphatic carbocycles. The van der Waals surface area contributed by atoms with Gasteiger partial charge in [-0.1, -0.05) is 11.6 Å². The van der Waals surface area contributed by atoms with Crippen molar-refractivity contribution < 1.29 is 5.11 Å². The van der Waals surface area contributed by atoms with Crippen LogP contribution in [0.3, 0.4) is 0 Å². The summed E-state index contributed by atoms with van der Waals surface area (Å²) in [5.74, 6) is 0. The number of aromatic nitrogens is 2. The quantitative estimate of drug-likeness (QED) is 0.823. The van der Waals surface area contributed by atoms with E-state index in [9.17, 15) is 4.79 Å². The topological polar surface area (TPSA) is 67.2 Å². The molecule has 1 aliphatic rings. The average Bonchev–Trinajstić information content (AvgIpc) is 2.97. The van der Waals surface area contributed by atoms with Crippen LogP contribution in [0.25, 0.3) is 0 Å². The highest BCUT2D eigenvalue weighted by Gasteiger charge is 2.37. The molecule has 0 radical (unpaired) electrons. The first-order valence-electron chi connectivity index (χ1n) is 5.20. The third-order valence-electron chi connectivity index (χ3n) is 2.73. The van der Waals surface area contributed by atoms with Crippen LogP contribution in [0, 0.1) is 0 Å². The van der Waals surface area contributed by atoms with Gasteiger partial charge >= 0.3 is 0 Å². The van der Waals surface area contributed by atoms with E-state index in [0.717, 1.165) is 17.5 Å². The number of aliphatic hydroxyl groups excluding tert-OH is 1. The smallest absolute Gasteiger partial charge is 0.287 e. The maximum absolute atomic E-state index is 11.7. The summed E-state index contributed by atoms with van der Waals surface area (Å²) in [7, 11) is 0. The van der Waals surface area contributed by atoms with E-state index in [2.05, 4.69) is 17.3 Å². The summed E-state index contributed by atoms with van der Waals surface area (Å²) in [5.41, 5.74) is 0.256. The van der Waals surface area contributed by atoms with E-state index in [-0.39, 0.29) is 29.3 Å². The van der Waals surface area contributed by atoms with Gasteiger partial charge in [-0.15, -0.1) is 0 Å². The van der Waals surface area contributed by atoms with Crippen molar-refractivity contribution in [2.75, 3.05) is 11.9 Å². The molecule has 0 aliphatic heterocycles. The third-order valence-corrected chi connectivity index (χ3v) is 3.10.